The Kier molecular flexibility index (Phi) is 4.76. The molecular weight excluding hydrogens is 180 g/mol. The van der Waals surface area contributed by atoms with Crippen LogP contribution in [0.15, 0.2) is 0 Å². The summed E-state index contributed by atoms with van der Waals surface area (Å²) < 4.78 is 0. The molecule has 13 heavy (non-hydrogen) atoms. The summed E-state index contributed by atoms with van der Waals surface area (Å²) in [6.07, 6.45) is -0.547. The molecule has 0 unspecified atom stereocenters. The van der Waals surface area contributed by atoms with Gasteiger partial charge in [0.25, 0.3) is 5.97 Å². The Hall–Kier alpha value is -0.240. The van der Waals surface area contributed by atoms with E-state index in [4.69, 9.17) is 30.6 Å². The fourth-order valence-electron chi connectivity index (χ4n) is 0.820. The summed E-state index contributed by atoms with van der Waals surface area (Å²) in [5.41, 5.74) is -1.18. The Labute approximate surface area is 75.7 Å². The smallest absolute Gasteiger partial charge is 0.275 e. The highest BCUT2D eigenvalue weighted by Gasteiger charge is 2.31. The Morgan fingerprint density at radius 1 is 0.692 bits per heavy atom. The topological polar surface area (TPSA) is 121 Å². The van der Waals surface area contributed by atoms with E-state index in [2.05, 4.69) is 0 Å². The molecule has 0 radical (unpaired) electrons. The first-order valence-electron chi connectivity index (χ1n) is 3.89. The van der Waals surface area contributed by atoms with Crippen molar-refractivity contribution in [3.8, 4) is 0 Å². The molecule has 0 bridgehead atoms. The van der Waals surface area contributed by atoms with Gasteiger partial charge in [-0.3, -0.25) is 0 Å². The first-order chi connectivity index (χ1) is 5.89. The molecular formula is C7H16O6. The van der Waals surface area contributed by atoms with Gasteiger partial charge in [0, 0.05) is 11.8 Å². The molecule has 0 fully saturated rings. The van der Waals surface area contributed by atoms with Crippen LogP contribution in [-0.4, -0.2) is 56.4 Å². The van der Waals surface area contributed by atoms with Crippen molar-refractivity contribution < 1.29 is 30.6 Å². The maximum Gasteiger partial charge on any atom is 0.275 e. The van der Waals surface area contributed by atoms with Crippen LogP contribution < -0.4 is 0 Å². The highest BCUT2D eigenvalue weighted by molar-refractivity contribution is 4.77. The van der Waals surface area contributed by atoms with Crippen molar-refractivity contribution in [1.29, 1.82) is 0 Å². The van der Waals surface area contributed by atoms with Crippen molar-refractivity contribution in [2.45, 2.75) is 18.8 Å². The normalized spacial score (nSPS) is 13.4. The van der Waals surface area contributed by atoms with E-state index in [0.29, 0.717) is 0 Å². The summed E-state index contributed by atoms with van der Waals surface area (Å²) in [7, 11) is 0. The molecule has 0 amide bonds. The van der Waals surface area contributed by atoms with Crippen LogP contribution in [-0.2, 0) is 0 Å². The molecule has 6 heteroatoms. The summed E-state index contributed by atoms with van der Waals surface area (Å²) in [6, 6.07) is 0. The molecule has 0 aliphatic heterocycles. The van der Waals surface area contributed by atoms with Crippen molar-refractivity contribution in [2.75, 3.05) is 19.8 Å². The van der Waals surface area contributed by atoms with Gasteiger partial charge in [0.1, 0.15) is 0 Å². The van der Waals surface area contributed by atoms with E-state index in [-0.39, 0.29) is 6.42 Å². The number of rotatable bonds is 6. The summed E-state index contributed by atoms with van der Waals surface area (Å²) in [5.74, 6) is -2.83. The van der Waals surface area contributed by atoms with Crippen LogP contribution in [0, 0.1) is 5.41 Å². The van der Waals surface area contributed by atoms with E-state index < -0.39 is 37.6 Å². The van der Waals surface area contributed by atoms with E-state index in [1.165, 1.54) is 0 Å². The molecule has 0 aliphatic rings. The van der Waals surface area contributed by atoms with E-state index in [9.17, 15) is 0 Å². The second kappa shape index (κ2) is 4.85. The van der Waals surface area contributed by atoms with Crippen LogP contribution in [0.4, 0.5) is 0 Å². The zero-order chi connectivity index (χ0) is 10.5. The van der Waals surface area contributed by atoms with Crippen molar-refractivity contribution in [3.05, 3.63) is 0 Å². The Bertz CT molecular complexity index is 128. The molecule has 0 heterocycles. The summed E-state index contributed by atoms with van der Waals surface area (Å²) in [5, 5.41) is 52.0. The van der Waals surface area contributed by atoms with Gasteiger partial charge in [-0.05, 0) is 6.42 Å². The minimum Gasteiger partial charge on any atom is -0.396 e. The van der Waals surface area contributed by atoms with Gasteiger partial charge in [-0.15, -0.1) is 0 Å². The highest BCUT2D eigenvalue weighted by Crippen LogP contribution is 2.24. The lowest BCUT2D eigenvalue weighted by Gasteiger charge is -2.28. The fourth-order valence-corrected chi connectivity index (χ4v) is 0.820. The highest BCUT2D eigenvalue weighted by atomic mass is 16.7. The predicted octanol–water partition coefficient (Wildman–Crippen LogP) is -2.64. The first kappa shape index (κ1) is 12.8. The molecule has 6 nitrogen and oxygen atoms in total. The van der Waals surface area contributed by atoms with Gasteiger partial charge in [-0.25, -0.2) is 0 Å². The van der Waals surface area contributed by atoms with E-state index in [0.717, 1.165) is 0 Å². The molecule has 6 N–H and O–H groups in total. The number of hydrogen-bond acceptors (Lipinski definition) is 6. The van der Waals surface area contributed by atoms with Gasteiger partial charge in [0.2, 0.25) is 0 Å². The lowest BCUT2D eigenvalue weighted by atomic mass is 9.85. The van der Waals surface area contributed by atoms with Gasteiger partial charge >= 0.3 is 0 Å². The Morgan fingerprint density at radius 2 is 1.08 bits per heavy atom. The Morgan fingerprint density at radius 3 is 1.31 bits per heavy atom. The minimum atomic E-state index is -2.83. The molecule has 0 aromatic heterocycles. The standard InChI is InChI=1S/C7H16O6/c8-3-6(4-9,5-10)1-2-7(11,12)13/h8-13H,1-5H2. The minimum absolute atomic E-state index is 0.0972. The van der Waals surface area contributed by atoms with Crippen LogP contribution in [0.3, 0.4) is 0 Å². The Balaban J connectivity index is 4.11. The summed E-state index contributed by atoms with van der Waals surface area (Å²) in [4.78, 5) is 0. The fraction of sp³-hybridized carbons (Fsp3) is 1.00. The predicted molar refractivity (Wildman–Crippen MR) is 42.3 cm³/mol. The second-order valence-electron chi connectivity index (χ2n) is 3.25. The van der Waals surface area contributed by atoms with Crippen LogP contribution >= 0.6 is 0 Å². The van der Waals surface area contributed by atoms with Gasteiger partial charge in [-0.1, -0.05) is 0 Å². The van der Waals surface area contributed by atoms with E-state index >= 15 is 0 Å². The molecule has 0 saturated heterocycles. The molecule has 0 aromatic rings. The third-order valence-corrected chi connectivity index (χ3v) is 2.00. The number of aliphatic hydroxyl groups excluding tert-OH is 3. The quantitative estimate of drug-likeness (QED) is 0.258. The SMILES string of the molecule is OCC(CO)(CO)CCC(O)(O)O. The largest absolute Gasteiger partial charge is 0.396 e. The van der Waals surface area contributed by atoms with Crippen LogP contribution in [0.5, 0.6) is 0 Å². The summed E-state index contributed by atoms with van der Waals surface area (Å²) in [6.45, 7) is -1.47. The molecule has 80 valence electrons. The summed E-state index contributed by atoms with van der Waals surface area (Å²) >= 11 is 0. The maximum atomic E-state index is 8.81. The molecule has 0 atom stereocenters. The molecule has 0 saturated carbocycles. The monoisotopic (exact) mass is 196 g/mol. The third kappa shape index (κ3) is 4.51. The van der Waals surface area contributed by atoms with Crippen LogP contribution in [0.2, 0.25) is 0 Å². The number of hydrogen-bond donors (Lipinski definition) is 6. The van der Waals surface area contributed by atoms with Crippen molar-refractivity contribution in [1.82, 2.24) is 0 Å². The first-order valence-corrected chi connectivity index (χ1v) is 3.89. The van der Waals surface area contributed by atoms with Gasteiger partial charge in [0.15, 0.2) is 0 Å². The van der Waals surface area contributed by atoms with Crippen LogP contribution in [0.25, 0.3) is 0 Å². The van der Waals surface area contributed by atoms with E-state index in [1.54, 1.807) is 0 Å². The zero-order valence-corrected chi connectivity index (χ0v) is 7.22. The number of aliphatic hydroxyl groups is 6. The average molecular weight is 196 g/mol. The second-order valence-corrected chi connectivity index (χ2v) is 3.25. The van der Waals surface area contributed by atoms with Crippen molar-refractivity contribution in [3.63, 3.8) is 0 Å². The lowest BCUT2D eigenvalue weighted by molar-refractivity contribution is -0.318. The van der Waals surface area contributed by atoms with Crippen molar-refractivity contribution >= 4 is 0 Å². The molecule has 0 rings (SSSR count). The lowest BCUT2D eigenvalue weighted by Crippen LogP contribution is -2.37. The maximum absolute atomic E-state index is 8.81. The van der Waals surface area contributed by atoms with Gasteiger partial charge in [-0.2, -0.15) is 0 Å². The van der Waals surface area contributed by atoms with Gasteiger partial charge in [0.05, 0.1) is 19.8 Å². The van der Waals surface area contributed by atoms with Crippen molar-refractivity contribution in [2.24, 2.45) is 5.41 Å². The molecule has 0 aromatic carbocycles. The zero-order valence-electron chi connectivity index (χ0n) is 7.22. The van der Waals surface area contributed by atoms with Gasteiger partial charge < -0.3 is 30.6 Å². The molecule has 0 spiro atoms. The van der Waals surface area contributed by atoms with Crippen LogP contribution in [0.1, 0.15) is 12.8 Å². The van der Waals surface area contributed by atoms with E-state index in [1.807, 2.05) is 0 Å². The average Bonchev–Trinajstić information content (AvgIpc) is 2.06. The molecule has 0 aliphatic carbocycles. The third-order valence-electron chi connectivity index (χ3n) is 2.00.